The van der Waals surface area contributed by atoms with Crippen LogP contribution in [0.2, 0.25) is 0 Å². The van der Waals surface area contributed by atoms with Gasteiger partial charge in [-0.3, -0.25) is 0 Å². The third-order valence-corrected chi connectivity index (χ3v) is 13.9. The second kappa shape index (κ2) is 13.5. The van der Waals surface area contributed by atoms with Gasteiger partial charge in [0.2, 0.25) is 0 Å². The molecule has 0 spiro atoms. The van der Waals surface area contributed by atoms with E-state index in [9.17, 15) is 0 Å². The van der Waals surface area contributed by atoms with Crippen molar-refractivity contribution in [3.63, 3.8) is 0 Å². The van der Waals surface area contributed by atoms with Crippen molar-refractivity contribution >= 4 is 39.0 Å². The minimum atomic E-state index is -0.166. The number of para-hydroxylation sites is 1. The number of nitrogens with zero attached hydrogens (tertiary/aromatic N) is 1. The molecule has 2 aliphatic rings. The summed E-state index contributed by atoms with van der Waals surface area (Å²) in [6, 6.07) is 73.6. The Morgan fingerprint density at radius 3 is 1.74 bits per heavy atom. The maximum Gasteiger partial charge on any atom is 0.143 e. The molecule has 0 unspecified atom stereocenters. The molecule has 12 rings (SSSR count). The van der Waals surface area contributed by atoms with E-state index in [1.165, 1.54) is 50.1 Å². The molecule has 2 nitrogen and oxygen atoms in total. The van der Waals surface area contributed by atoms with Crippen LogP contribution in [0.4, 0.5) is 17.1 Å². The van der Waals surface area contributed by atoms with Gasteiger partial charge in [0, 0.05) is 44.0 Å². The van der Waals surface area contributed by atoms with Crippen molar-refractivity contribution in [3.05, 3.63) is 222 Å². The van der Waals surface area contributed by atoms with E-state index in [1.807, 2.05) is 0 Å². The molecule has 0 amide bonds. The number of anilines is 3. The zero-order valence-corrected chi connectivity index (χ0v) is 35.4. The van der Waals surface area contributed by atoms with Crippen LogP contribution >= 0.6 is 0 Å². The zero-order chi connectivity index (χ0) is 41.7. The quantitative estimate of drug-likeness (QED) is 0.167. The summed E-state index contributed by atoms with van der Waals surface area (Å²) >= 11 is 0. The fourth-order valence-corrected chi connectivity index (χ4v) is 10.7. The third kappa shape index (κ3) is 5.36. The molecule has 0 atom stereocenters. The number of rotatable bonds is 6. The van der Waals surface area contributed by atoms with Crippen molar-refractivity contribution in [1.82, 2.24) is 0 Å². The van der Waals surface area contributed by atoms with E-state index in [-0.39, 0.29) is 10.8 Å². The van der Waals surface area contributed by atoms with Gasteiger partial charge in [0.25, 0.3) is 0 Å². The van der Waals surface area contributed by atoms with Gasteiger partial charge in [-0.2, -0.15) is 0 Å². The third-order valence-electron chi connectivity index (χ3n) is 13.9. The van der Waals surface area contributed by atoms with Crippen molar-refractivity contribution in [2.24, 2.45) is 0 Å². The van der Waals surface area contributed by atoms with E-state index in [0.29, 0.717) is 0 Å². The van der Waals surface area contributed by atoms with Gasteiger partial charge in [0.15, 0.2) is 0 Å². The van der Waals surface area contributed by atoms with Gasteiger partial charge in [-0.15, -0.1) is 0 Å². The summed E-state index contributed by atoms with van der Waals surface area (Å²) in [7, 11) is 0. The molecule has 1 heterocycles. The van der Waals surface area contributed by atoms with E-state index < -0.39 is 0 Å². The van der Waals surface area contributed by atoms with Crippen molar-refractivity contribution in [2.45, 2.75) is 38.5 Å². The molecule has 0 fully saturated rings. The lowest BCUT2D eigenvalue weighted by Gasteiger charge is -2.32. The first-order valence-corrected chi connectivity index (χ1v) is 21.8. The smallest absolute Gasteiger partial charge is 0.143 e. The summed E-state index contributed by atoms with van der Waals surface area (Å²) < 4.78 is 6.88. The molecule has 0 bridgehead atoms. The highest BCUT2D eigenvalue weighted by Gasteiger charge is 2.39. The average molecular weight is 796 g/mol. The summed E-state index contributed by atoms with van der Waals surface area (Å²) in [4.78, 5) is 2.55. The van der Waals surface area contributed by atoms with Gasteiger partial charge >= 0.3 is 0 Å². The molecular formula is C60H45NO. The summed E-state index contributed by atoms with van der Waals surface area (Å²) in [6.45, 7) is 9.48. The van der Waals surface area contributed by atoms with Crippen LogP contribution in [0.25, 0.3) is 77.6 Å². The summed E-state index contributed by atoms with van der Waals surface area (Å²) in [6.07, 6.45) is 0. The minimum absolute atomic E-state index is 0.158. The van der Waals surface area contributed by atoms with Crippen molar-refractivity contribution in [1.29, 1.82) is 0 Å². The molecule has 0 aliphatic heterocycles. The second-order valence-corrected chi connectivity index (χ2v) is 18.1. The summed E-state index contributed by atoms with van der Waals surface area (Å²) in [5.74, 6) is 0. The minimum Gasteiger partial charge on any atom is -0.455 e. The van der Waals surface area contributed by atoms with Gasteiger partial charge in [-0.1, -0.05) is 191 Å². The standard InChI is InChI=1S/C60H45NO/c1-59(2)51-26-14-12-22-49(51)57-52(59)27-16-28-54(57)61(42-31-34-46-45-21-11-13-25-50(45)60(3,4)53(46)37-42)55-35-40(38-17-7-5-8-18-38)29-32-43(55)41-30-33-47-48-24-15-23-44(39-19-9-6-10-20-39)58(48)62-56(47)36-41/h5-37H,1-4H3. The molecule has 10 aromatic rings. The van der Waals surface area contributed by atoms with Crippen LogP contribution in [0.15, 0.2) is 205 Å². The number of furan rings is 1. The predicted molar refractivity (Wildman–Crippen MR) is 260 cm³/mol. The van der Waals surface area contributed by atoms with E-state index in [1.54, 1.807) is 0 Å². The monoisotopic (exact) mass is 795 g/mol. The number of hydrogen-bond donors (Lipinski definition) is 0. The number of benzene rings is 9. The lowest BCUT2D eigenvalue weighted by molar-refractivity contribution is 0.660. The normalized spacial score (nSPS) is 14.1. The number of fused-ring (bicyclic) bond motifs is 9. The lowest BCUT2D eigenvalue weighted by Crippen LogP contribution is -2.18. The van der Waals surface area contributed by atoms with Gasteiger partial charge in [-0.05, 0) is 97.6 Å². The zero-order valence-electron chi connectivity index (χ0n) is 35.4. The van der Waals surface area contributed by atoms with Gasteiger partial charge < -0.3 is 9.32 Å². The van der Waals surface area contributed by atoms with E-state index in [4.69, 9.17) is 4.42 Å². The van der Waals surface area contributed by atoms with Crippen LogP contribution in [-0.4, -0.2) is 0 Å². The topological polar surface area (TPSA) is 16.4 Å². The molecule has 0 N–H and O–H groups in total. The van der Waals surface area contributed by atoms with Crippen molar-refractivity contribution < 1.29 is 4.42 Å². The Kier molecular flexibility index (Phi) is 7.96. The summed E-state index contributed by atoms with van der Waals surface area (Å²) in [5, 5.41) is 2.23. The van der Waals surface area contributed by atoms with Crippen LogP contribution in [-0.2, 0) is 10.8 Å². The van der Waals surface area contributed by atoms with Crippen LogP contribution in [0.3, 0.4) is 0 Å². The van der Waals surface area contributed by atoms with E-state index in [0.717, 1.165) is 66.8 Å². The van der Waals surface area contributed by atoms with Gasteiger partial charge in [-0.25, -0.2) is 0 Å². The highest BCUT2D eigenvalue weighted by Crippen LogP contribution is 2.57. The van der Waals surface area contributed by atoms with Gasteiger partial charge in [0.05, 0.1) is 11.4 Å². The SMILES string of the molecule is CC1(C)c2ccccc2-c2ccc(N(c3cc(-c4ccccc4)ccc3-c3ccc4c(c3)oc3c(-c5ccccc5)cccc34)c3cccc4c3-c3ccccc3C4(C)C)cc21. The molecular weight excluding hydrogens is 751 g/mol. The Balaban J connectivity index is 1.14. The first kappa shape index (κ1) is 36.4. The van der Waals surface area contributed by atoms with Crippen LogP contribution < -0.4 is 4.90 Å². The van der Waals surface area contributed by atoms with E-state index in [2.05, 4.69) is 233 Å². The lowest BCUT2D eigenvalue weighted by atomic mass is 9.82. The molecule has 296 valence electrons. The first-order valence-electron chi connectivity index (χ1n) is 21.8. The Morgan fingerprint density at radius 1 is 0.355 bits per heavy atom. The Morgan fingerprint density at radius 2 is 0.952 bits per heavy atom. The Bertz CT molecular complexity index is 3410. The number of hydrogen-bond acceptors (Lipinski definition) is 2. The first-order chi connectivity index (χ1) is 30.3. The molecule has 0 saturated heterocycles. The molecule has 2 aliphatic carbocycles. The van der Waals surface area contributed by atoms with E-state index >= 15 is 0 Å². The fraction of sp³-hybridized carbons (Fsp3) is 0.100. The largest absolute Gasteiger partial charge is 0.455 e. The molecule has 62 heavy (non-hydrogen) atoms. The Labute approximate surface area is 363 Å². The average Bonchev–Trinajstić information content (AvgIpc) is 3.89. The predicted octanol–water partition coefficient (Wildman–Crippen LogP) is 16.7. The highest BCUT2D eigenvalue weighted by atomic mass is 16.3. The van der Waals surface area contributed by atoms with Crippen LogP contribution in [0, 0.1) is 0 Å². The molecule has 2 heteroatoms. The molecule has 0 radical (unpaired) electrons. The fourth-order valence-electron chi connectivity index (χ4n) is 10.7. The second-order valence-electron chi connectivity index (χ2n) is 18.1. The molecule has 9 aromatic carbocycles. The van der Waals surface area contributed by atoms with Crippen LogP contribution in [0.1, 0.15) is 49.9 Å². The highest BCUT2D eigenvalue weighted by molar-refractivity contribution is 6.11. The summed E-state index contributed by atoms with van der Waals surface area (Å²) in [5.41, 5.74) is 22.3. The van der Waals surface area contributed by atoms with Crippen molar-refractivity contribution in [3.8, 4) is 55.6 Å². The molecule has 0 saturated carbocycles. The maximum atomic E-state index is 6.88. The Hall–Kier alpha value is -7.42. The van der Waals surface area contributed by atoms with Gasteiger partial charge in [0.1, 0.15) is 11.2 Å². The molecule has 1 aromatic heterocycles. The van der Waals surface area contributed by atoms with Crippen molar-refractivity contribution in [2.75, 3.05) is 4.90 Å². The van der Waals surface area contributed by atoms with Crippen LogP contribution in [0.5, 0.6) is 0 Å². The maximum absolute atomic E-state index is 6.88.